The predicted octanol–water partition coefficient (Wildman–Crippen LogP) is 2.47. The number of nitrogens with one attached hydrogen (secondary N) is 2. The van der Waals surface area contributed by atoms with Crippen LogP contribution in [0.1, 0.15) is 6.92 Å². The highest BCUT2D eigenvalue weighted by Crippen LogP contribution is 2.18. The maximum atomic E-state index is 12.1. The molecule has 0 saturated heterocycles. The van der Waals surface area contributed by atoms with Gasteiger partial charge in [0.1, 0.15) is 4.90 Å². The molecule has 2 N–H and O–H groups in total. The second-order valence-corrected chi connectivity index (χ2v) is 6.48. The van der Waals surface area contributed by atoms with Crippen molar-refractivity contribution in [3.63, 3.8) is 0 Å². The molecule has 0 aliphatic heterocycles. The van der Waals surface area contributed by atoms with Crippen LogP contribution in [-0.2, 0) is 10.0 Å². The fraction of sp³-hybridized carbons (Fsp3) is 0.167. The van der Waals surface area contributed by atoms with E-state index in [0.29, 0.717) is 18.2 Å². The third-order valence-corrected chi connectivity index (χ3v) is 4.23. The molecule has 0 fully saturated rings. The molecule has 1 aromatic carbocycles. The van der Waals surface area contributed by atoms with E-state index in [0.717, 1.165) is 4.47 Å². The van der Waals surface area contributed by atoms with Crippen LogP contribution in [0.15, 0.2) is 46.0 Å². The Morgan fingerprint density at radius 1 is 1.15 bits per heavy atom. The predicted molar refractivity (Wildman–Crippen MR) is 81.1 cm³/mol. The second kappa shape index (κ2) is 6.19. The van der Waals surface area contributed by atoms with Gasteiger partial charge < -0.3 is 5.32 Å². The van der Waals surface area contributed by atoms with Gasteiger partial charge in [0.15, 0.2) is 0 Å². The highest BCUT2D eigenvalue weighted by molar-refractivity contribution is 9.10. The van der Waals surface area contributed by atoms with Crippen molar-refractivity contribution in [3.8, 4) is 0 Å². The molecule has 6 nitrogen and oxygen atoms in total. The van der Waals surface area contributed by atoms with Gasteiger partial charge in [-0.15, -0.1) is 0 Å². The summed E-state index contributed by atoms with van der Waals surface area (Å²) in [6.07, 6.45) is 2.54. The summed E-state index contributed by atoms with van der Waals surface area (Å²) in [6, 6.07) is 6.83. The van der Waals surface area contributed by atoms with Crippen LogP contribution in [0.4, 0.5) is 11.6 Å². The van der Waals surface area contributed by atoms with E-state index in [9.17, 15) is 8.42 Å². The first kappa shape index (κ1) is 14.7. The number of sulfonamides is 1. The average molecular weight is 357 g/mol. The van der Waals surface area contributed by atoms with Crippen molar-refractivity contribution < 1.29 is 8.42 Å². The Balaban J connectivity index is 2.19. The van der Waals surface area contributed by atoms with Crippen LogP contribution < -0.4 is 10.0 Å². The minimum atomic E-state index is -3.68. The van der Waals surface area contributed by atoms with Crippen LogP contribution in [0.3, 0.4) is 0 Å². The monoisotopic (exact) mass is 356 g/mol. The molecule has 8 heteroatoms. The van der Waals surface area contributed by atoms with Crippen molar-refractivity contribution in [1.29, 1.82) is 0 Å². The molecule has 0 radical (unpaired) electrons. The zero-order valence-corrected chi connectivity index (χ0v) is 13.1. The third kappa shape index (κ3) is 3.67. The Labute approximate surface area is 125 Å². The zero-order valence-electron chi connectivity index (χ0n) is 10.7. The molecular weight excluding hydrogens is 344 g/mol. The van der Waals surface area contributed by atoms with Crippen LogP contribution in [0, 0.1) is 0 Å². The van der Waals surface area contributed by atoms with E-state index in [2.05, 4.69) is 35.9 Å². The molecule has 0 aliphatic rings. The highest BCUT2D eigenvalue weighted by Gasteiger charge is 2.15. The summed E-state index contributed by atoms with van der Waals surface area (Å²) in [4.78, 5) is 7.90. The summed E-state index contributed by atoms with van der Waals surface area (Å²) in [6.45, 7) is 2.58. The van der Waals surface area contributed by atoms with E-state index in [1.807, 2.05) is 6.92 Å². The van der Waals surface area contributed by atoms with Gasteiger partial charge in [-0.2, -0.15) is 0 Å². The maximum Gasteiger partial charge on any atom is 0.264 e. The van der Waals surface area contributed by atoms with Gasteiger partial charge in [-0.25, -0.2) is 18.4 Å². The average Bonchev–Trinajstić information content (AvgIpc) is 2.42. The first-order valence-corrected chi connectivity index (χ1v) is 8.13. The smallest absolute Gasteiger partial charge is 0.264 e. The van der Waals surface area contributed by atoms with Crippen LogP contribution >= 0.6 is 15.9 Å². The summed E-state index contributed by atoms with van der Waals surface area (Å²) in [7, 11) is -3.68. The molecule has 0 spiro atoms. The summed E-state index contributed by atoms with van der Waals surface area (Å²) in [5, 5.41) is 2.90. The molecule has 2 aromatic rings. The minimum Gasteiger partial charge on any atom is -0.355 e. The fourth-order valence-corrected chi connectivity index (χ4v) is 2.65. The van der Waals surface area contributed by atoms with Crippen LogP contribution in [0.2, 0.25) is 0 Å². The largest absolute Gasteiger partial charge is 0.355 e. The fourth-order valence-electron chi connectivity index (χ4n) is 1.44. The Morgan fingerprint density at radius 3 is 2.30 bits per heavy atom. The summed E-state index contributed by atoms with van der Waals surface area (Å²) in [5.74, 6) is 0.398. The van der Waals surface area contributed by atoms with Gasteiger partial charge in [-0.3, -0.25) is 4.72 Å². The van der Waals surface area contributed by atoms with Crippen molar-refractivity contribution in [2.75, 3.05) is 16.6 Å². The number of aromatic nitrogens is 2. The summed E-state index contributed by atoms with van der Waals surface area (Å²) in [5.41, 5.74) is 0.476. The van der Waals surface area contributed by atoms with Gasteiger partial charge in [0.2, 0.25) is 5.95 Å². The molecular formula is C12H13BrN4O2S. The normalized spacial score (nSPS) is 11.1. The zero-order chi connectivity index (χ0) is 14.6. The van der Waals surface area contributed by atoms with Crippen molar-refractivity contribution in [2.24, 2.45) is 0 Å². The first-order valence-electron chi connectivity index (χ1n) is 5.85. The van der Waals surface area contributed by atoms with Gasteiger partial charge in [0.25, 0.3) is 10.0 Å². The number of hydrogen-bond donors (Lipinski definition) is 2. The van der Waals surface area contributed by atoms with Crippen molar-refractivity contribution in [3.05, 3.63) is 41.1 Å². The van der Waals surface area contributed by atoms with Crippen LogP contribution in [0.25, 0.3) is 0 Å². The second-order valence-electron chi connectivity index (χ2n) is 3.89. The van der Waals surface area contributed by atoms with E-state index in [1.165, 1.54) is 12.4 Å². The lowest BCUT2D eigenvalue weighted by Gasteiger charge is -2.08. The number of halogens is 1. The molecule has 106 valence electrons. The van der Waals surface area contributed by atoms with E-state index in [1.54, 1.807) is 24.3 Å². The molecule has 0 amide bonds. The van der Waals surface area contributed by atoms with Crippen molar-refractivity contribution >= 4 is 37.6 Å². The van der Waals surface area contributed by atoms with Gasteiger partial charge >= 0.3 is 0 Å². The van der Waals surface area contributed by atoms with Gasteiger partial charge in [-0.05, 0) is 31.2 Å². The molecule has 1 aromatic heterocycles. The van der Waals surface area contributed by atoms with Gasteiger partial charge in [0.05, 0.1) is 12.4 Å². The minimum absolute atomic E-state index is 0.0158. The molecule has 0 unspecified atom stereocenters. The molecule has 2 rings (SSSR count). The Hall–Kier alpha value is -1.67. The van der Waals surface area contributed by atoms with Crippen molar-refractivity contribution in [2.45, 2.75) is 11.8 Å². The first-order chi connectivity index (χ1) is 9.51. The molecule has 20 heavy (non-hydrogen) atoms. The topological polar surface area (TPSA) is 84.0 Å². The number of rotatable bonds is 5. The molecule has 0 bridgehead atoms. The van der Waals surface area contributed by atoms with E-state index in [4.69, 9.17) is 0 Å². The standard InChI is InChI=1S/C12H13BrN4O2S/c1-2-14-12-15-7-11(8-16-12)20(18,19)17-10-5-3-9(13)4-6-10/h3-8,17H,2H2,1H3,(H,14,15,16). The number of anilines is 2. The molecule has 0 atom stereocenters. The number of nitrogens with zero attached hydrogens (tertiary/aromatic N) is 2. The number of hydrogen-bond acceptors (Lipinski definition) is 5. The quantitative estimate of drug-likeness (QED) is 0.859. The maximum absolute atomic E-state index is 12.1. The third-order valence-electron chi connectivity index (χ3n) is 2.37. The summed E-state index contributed by atoms with van der Waals surface area (Å²) < 4.78 is 27.6. The molecule has 0 saturated carbocycles. The molecule has 0 aliphatic carbocycles. The Morgan fingerprint density at radius 2 is 1.75 bits per heavy atom. The highest BCUT2D eigenvalue weighted by atomic mass is 79.9. The SMILES string of the molecule is CCNc1ncc(S(=O)(=O)Nc2ccc(Br)cc2)cn1. The Kier molecular flexibility index (Phi) is 4.56. The van der Waals surface area contributed by atoms with Crippen molar-refractivity contribution in [1.82, 2.24) is 9.97 Å². The van der Waals surface area contributed by atoms with E-state index in [-0.39, 0.29) is 4.90 Å². The lowest BCUT2D eigenvalue weighted by atomic mass is 10.3. The lowest BCUT2D eigenvalue weighted by Crippen LogP contribution is -2.14. The Bertz CT molecular complexity index is 672. The van der Waals surface area contributed by atoms with E-state index < -0.39 is 10.0 Å². The summed E-state index contributed by atoms with van der Waals surface area (Å²) >= 11 is 3.29. The van der Waals surface area contributed by atoms with Gasteiger partial charge in [-0.1, -0.05) is 15.9 Å². The molecule has 1 heterocycles. The van der Waals surface area contributed by atoms with Crippen LogP contribution in [0.5, 0.6) is 0 Å². The van der Waals surface area contributed by atoms with E-state index >= 15 is 0 Å². The lowest BCUT2D eigenvalue weighted by molar-refractivity contribution is 0.600. The van der Waals surface area contributed by atoms with Crippen LogP contribution in [-0.4, -0.2) is 24.9 Å². The van der Waals surface area contributed by atoms with Gasteiger partial charge in [0, 0.05) is 16.7 Å². The number of benzene rings is 1.